The number of hydrogen-bond donors (Lipinski definition) is 1. The van der Waals surface area contributed by atoms with Crippen molar-refractivity contribution in [2.45, 2.75) is 37.6 Å². The number of furan rings is 1. The zero-order chi connectivity index (χ0) is 17.6. The van der Waals surface area contributed by atoms with Gasteiger partial charge in [0.25, 0.3) is 5.92 Å². The molecule has 0 radical (unpaired) electrons. The number of alkyl halides is 2. The zero-order valence-electron chi connectivity index (χ0n) is 13.4. The van der Waals surface area contributed by atoms with Gasteiger partial charge in [-0.2, -0.15) is 4.98 Å². The van der Waals surface area contributed by atoms with Crippen molar-refractivity contribution in [2.75, 3.05) is 18.8 Å². The van der Waals surface area contributed by atoms with Gasteiger partial charge in [0.15, 0.2) is 0 Å². The lowest BCUT2D eigenvalue weighted by molar-refractivity contribution is -0.119. The van der Waals surface area contributed by atoms with E-state index in [-0.39, 0.29) is 5.82 Å². The van der Waals surface area contributed by atoms with Crippen molar-refractivity contribution in [3.05, 3.63) is 46.4 Å². The fraction of sp³-hybridized carbons (Fsp3) is 0.500. The molecule has 2 aromatic heterocycles. The van der Waals surface area contributed by atoms with Crippen molar-refractivity contribution in [2.24, 2.45) is 0 Å². The number of nitrogens with two attached hydrogens (primary N) is 1. The molecule has 0 amide bonds. The first-order valence-corrected chi connectivity index (χ1v) is 8.08. The van der Waals surface area contributed by atoms with Crippen molar-refractivity contribution < 1.29 is 17.9 Å². The molecule has 1 unspecified atom stereocenters. The number of halogens is 2. The minimum atomic E-state index is -3.15. The highest BCUT2D eigenvalue weighted by atomic mass is 19.3. The summed E-state index contributed by atoms with van der Waals surface area (Å²) in [6.45, 7) is 1.74. The van der Waals surface area contributed by atoms with Gasteiger partial charge in [0.05, 0.1) is 12.4 Å². The Bertz CT molecular complexity index is 835. The molecule has 2 aliphatic rings. The number of fused-ring (bicyclic) bond motifs is 1. The van der Waals surface area contributed by atoms with E-state index in [0.29, 0.717) is 13.1 Å². The van der Waals surface area contributed by atoms with Crippen molar-refractivity contribution in [1.82, 2.24) is 14.5 Å². The van der Waals surface area contributed by atoms with Crippen LogP contribution in [0.3, 0.4) is 0 Å². The molecule has 4 rings (SSSR count). The second-order valence-electron chi connectivity index (χ2n) is 6.47. The second-order valence-corrected chi connectivity index (χ2v) is 6.47. The van der Waals surface area contributed by atoms with Crippen LogP contribution >= 0.6 is 0 Å². The SMILES string of the molecule is Nc1ccn([C@@H]2OC(CN3CCc4occc4C3)CC2(F)F)c(=O)n1. The summed E-state index contributed by atoms with van der Waals surface area (Å²) in [5.74, 6) is -2.21. The van der Waals surface area contributed by atoms with Crippen molar-refractivity contribution in [3.63, 3.8) is 0 Å². The van der Waals surface area contributed by atoms with Gasteiger partial charge in [-0.3, -0.25) is 9.47 Å². The van der Waals surface area contributed by atoms with Crippen LogP contribution in [0.4, 0.5) is 14.6 Å². The molecular formula is C16H18F2N4O3. The van der Waals surface area contributed by atoms with Crippen molar-refractivity contribution >= 4 is 5.82 Å². The van der Waals surface area contributed by atoms with E-state index in [0.717, 1.165) is 28.9 Å². The highest BCUT2D eigenvalue weighted by Crippen LogP contribution is 2.42. The van der Waals surface area contributed by atoms with Crippen LogP contribution in [0.15, 0.2) is 33.8 Å². The van der Waals surface area contributed by atoms with Crippen LogP contribution in [-0.4, -0.2) is 39.6 Å². The predicted molar refractivity (Wildman–Crippen MR) is 84.1 cm³/mol. The van der Waals surface area contributed by atoms with Crippen LogP contribution < -0.4 is 11.4 Å². The third-order valence-corrected chi connectivity index (χ3v) is 4.64. The largest absolute Gasteiger partial charge is 0.469 e. The number of nitrogen functional groups attached to an aromatic ring is 1. The summed E-state index contributed by atoms with van der Waals surface area (Å²) in [5.41, 5.74) is 5.64. The predicted octanol–water partition coefficient (Wildman–Crippen LogP) is 1.40. The Balaban J connectivity index is 1.48. The summed E-state index contributed by atoms with van der Waals surface area (Å²) >= 11 is 0. The van der Waals surface area contributed by atoms with Crippen LogP contribution in [0.25, 0.3) is 0 Å². The van der Waals surface area contributed by atoms with Gasteiger partial charge in [-0.25, -0.2) is 13.6 Å². The maximum atomic E-state index is 14.4. The standard InChI is InChI=1S/C16H18F2N4O3/c17-16(18)7-11(9-21-4-1-12-10(8-21)3-6-24-12)25-14(16)22-5-2-13(19)20-15(22)23/h2-3,5-6,11,14H,1,4,7-9H2,(H2,19,20,23)/t11?,14-/m1/s1. The fourth-order valence-corrected chi connectivity index (χ4v) is 3.47. The van der Waals surface area contributed by atoms with Crippen LogP contribution in [0.2, 0.25) is 0 Å². The first kappa shape index (κ1) is 16.2. The van der Waals surface area contributed by atoms with Gasteiger partial charge in [0.2, 0.25) is 6.23 Å². The first-order valence-electron chi connectivity index (χ1n) is 8.08. The van der Waals surface area contributed by atoms with E-state index in [2.05, 4.69) is 9.88 Å². The minimum absolute atomic E-state index is 0.0108. The number of hydrogen-bond acceptors (Lipinski definition) is 6. The Kier molecular flexibility index (Phi) is 3.84. The van der Waals surface area contributed by atoms with E-state index < -0.39 is 30.4 Å². The van der Waals surface area contributed by atoms with Gasteiger partial charge in [0, 0.05) is 44.2 Å². The third kappa shape index (κ3) is 3.05. The quantitative estimate of drug-likeness (QED) is 0.899. The normalized spacial score (nSPS) is 25.8. The maximum absolute atomic E-state index is 14.4. The molecule has 25 heavy (non-hydrogen) atoms. The Labute approximate surface area is 142 Å². The minimum Gasteiger partial charge on any atom is -0.469 e. The average molecular weight is 352 g/mol. The summed E-state index contributed by atoms with van der Waals surface area (Å²) < 4.78 is 40.5. The molecule has 0 saturated carbocycles. The van der Waals surface area contributed by atoms with Crippen molar-refractivity contribution in [3.8, 4) is 0 Å². The molecule has 0 aliphatic carbocycles. The highest BCUT2D eigenvalue weighted by Gasteiger charge is 2.52. The van der Waals surface area contributed by atoms with Crippen LogP contribution in [0, 0.1) is 0 Å². The summed E-state index contributed by atoms with van der Waals surface area (Å²) in [4.78, 5) is 17.4. The monoisotopic (exact) mass is 352 g/mol. The van der Waals surface area contributed by atoms with Crippen molar-refractivity contribution in [1.29, 1.82) is 0 Å². The van der Waals surface area contributed by atoms with E-state index in [1.165, 1.54) is 12.3 Å². The molecule has 0 spiro atoms. The lowest BCUT2D eigenvalue weighted by atomic mass is 10.1. The first-order chi connectivity index (χ1) is 11.9. The van der Waals surface area contributed by atoms with Crippen LogP contribution in [0.1, 0.15) is 24.0 Å². The van der Waals surface area contributed by atoms with Gasteiger partial charge in [-0.1, -0.05) is 0 Å². The molecule has 1 saturated heterocycles. The third-order valence-electron chi connectivity index (χ3n) is 4.64. The Morgan fingerprint density at radius 1 is 1.40 bits per heavy atom. The van der Waals surface area contributed by atoms with E-state index >= 15 is 0 Å². The molecule has 0 bridgehead atoms. The number of rotatable bonds is 3. The Morgan fingerprint density at radius 3 is 3.04 bits per heavy atom. The van der Waals surface area contributed by atoms with Gasteiger partial charge >= 0.3 is 5.69 Å². The van der Waals surface area contributed by atoms with Crippen LogP contribution in [0.5, 0.6) is 0 Å². The molecule has 2 atom stereocenters. The molecule has 7 nitrogen and oxygen atoms in total. The lowest BCUT2D eigenvalue weighted by Crippen LogP contribution is -2.36. The average Bonchev–Trinajstić information content (AvgIpc) is 3.11. The molecule has 2 aliphatic heterocycles. The number of aromatic nitrogens is 2. The molecule has 2 aromatic rings. The summed E-state index contributed by atoms with van der Waals surface area (Å²) in [5, 5.41) is 0. The molecule has 134 valence electrons. The number of nitrogens with zero attached hydrogens (tertiary/aromatic N) is 3. The zero-order valence-corrected chi connectivity index (χ0v) is 13.4. The molecule has 0 aromatic carbocycles. The summed E-state index contributed by atoms with van der Waals surface area (Å²) in [7, 11) is 0. The molecule has 9 heteroatoms. The summed E-state index contributed by atoms with van der Waals surface area (Å²) in [6.07, 6.45) is 0.819. The topological polar surface area (TPSA) is 86.5 Å². The summed E-state index contributed by atoms with van der Waals surface area (Å²) in [6, 6.07) is 3.20. The van der Waals surface area contributed by atoms with E-state index in [1.54, 1.807) is 6.26 Å². The smallest absolute Gasteiger partial charge is 0.351 e. The van der Waals surface area contributed by atoms with E-state index in [1.807, 2.05) is 6.07 Å². The highest BCUT2D eigenvalue weighted by molar-refractivity contribution is 5.23. The lowest BCUT2D eigenvalue weighted by Gasteiger charge is -2.28. The number of anilines is 1. The van der Waals surface area contributed by atoms with Crippen LogP contribution in [-0.2, 0) is 17.7 Å². The number of ether oxygens (including phenoxy) is 1. The second kappa shape index (κ2) is 5.92. The molecular weight excluding hydrogens is 334 g/mol. The van der Waals surface area contributed by atoms with Gasteiger partial charge in [0.1, 0.15) is 11.6 Å². The van der Waals surface area contributed by atoms with E-state index in [9.17, 15) is 13.6 Å². The van der Waals surface area contributed by atoms with Gasteiger partial charge in [-0.05, 0) is 12.1 Å². The Hall–Kier alpha value is -2.26. The van der Waals surface area contributed by atoms with Gasteiger partial charge < -0.3 is 14.9 Å². The molecule has 4 heterocycles. The Morgan fingerprint density at radius 2 is 2.24 bits per heavy atom. The maximum Gasteiger partial charge on any atom is 0.351 e. The fourth-order valence-electron chi connectivity index (χ4n) is 3.47. The van der Waals surface area contributed by atoms with Gasteiger partial charge in [-0.15, -0.1) is 0 Å². The van der Waals surface area contributed by atoms with E-state index in [4.69, 9.17) is 14.9 Å². The molecule has 2 N–H and O–H groups in total. The molecule has 1 fully saturated rings.